The van der Waals surface area contributed by atoms with Crippen LogP contribution in [0.3, 0.4) is 0 Å². The molecule has 0 heterocycles. The number of hydrogen-bond acceptors (Lipinski definition) is 4. The number of amides is 2. The number of rotatable bonds is 7. The molecule has 0 fully saturated rings. The monoisotopic (exact) mass is 326 g/mol. The van der Waals surface area contributed by atoms with Gasteiger partial charge in [-0.1, -0.05) is 18.2 Å². The van der Waals surface area contributed by atoms with Crippen molar-refractivity contribution in [2.75, 3.05) is 19.0 Å². The maximum absolute atomic E-state index is 11.9. The summed E-state index contributed by atoms with van der Waals surface area (Å²) in [6.07, 6.45) is 0.767. The summed E-state index contributed by atoms with van der Waals surface area (Å²) in [5, 5.41) is 13.9. The van der Waals surface area contributed by atoms with Gasteiger partial charge in [-0.05, 0) is 49.7 Å². The summed E-state index contributed by atoms with van der Waals surface area (Å²) in [6.45, 7) is 2.55. The molecule has 2 aromatic rings. The van der Waals surface area contributed by atoms with Gasteiger partial charge in [-0.2, -0.15) is 10.2 Å². The third-order valence-corrected chi connectivity index (χ3v) is 3.29. The van der Waals surface area contributed by atoms with Crippen LogP contribution in [0.15, 0.2) is 64.8 Å². The SMILES string of the molecule is COCCC(C)NC(=O)Nc1ccc(N=Nc2ccccc2)cc1. The molecule has 2 N–H and O–H groups in total. The molecule has 0 saturated heterocycles. The number of methoxy groups -OCH3 is 1. The standard InChI is InChI=1S/C18H22N4O2/c1-14(12-13-24-2)19-18(23)20-15-8-10-17(11-9-15)22-21-16-6-4-3-5-7-16/h3-11,14H,12-13H2,1-2H3,(H2,19,20,23). The summed E-state index contributed by atoms with van der Waals surface area (Å²) in [7, 11) is 1.64. The normalized spacial score (nSPS) is 12.1. The van der Waals surface area contributed by atoms with Crippen molar-refractivity contribution >= 4 is 23.1 Å². The van der Waals surface area contributed by atoms with Crippen molar-refractivity contribution in [1.29, 1.82) is 0 Å². The van der Waals surface area contributed by atoms with E-state index in [1.165, 1.54) is 0 Å². The fraction of sp³-hybridized carbons (Fsp3) is 0.278. The number of ether oxygens (including phenoxy) is 1. The lowest BCUT2D eigenvalue weighted by Gasteiger charge is -2.14. The number of benzene rings is 2. The van der Waals surface area contributed by atoms with Crippen molar-refractivity contribution < 1.29 is 9.53 Å². The van der Waals surface area contributed by atoms with E-state index in [9.17, 15) is 4.79 Å². The number of nitrogens with one attached hydrogen (secondary N) is 2. The Morgan fingerprint density at radius 3 is 2.29 bits per heavy atom. The summed E-state index contributed by atoms with van der Waals surface area (Å²) in [6, 6.07) is 16.5. The molecule has 2 aromatic carbocycles. The predicted molar refractivity (Wildman–Crippen MR) is 95.2 cm³/mol. The maximum Gasteiger partial charge on any atom is 0.319 e. The topological polar surface area (TPSA) is 75.1 Å². The van der Waals surface area contributed by atoms with Gasteiger partial charge < -0.3 is 15.4 Å². The van der Waals surface area contributed by atoms with Crippen LogP contribution in [0, 0.1) is 0 Å². The van der Waals surface area contributed by atoms with Crippen LogP contribution in [0.4, 0.5) is 21.9 Å². The molecular formula is C18H22N4O2. The quantitative estimate of drug-likeness (QED) is 0.727. The van der Waals surface area contributed by atoms with Crippen LogP contribution < -0.4 is 10.6 Å². The average molecular weight is 326 g/mol. The van der Waals surface area contributed by atoms with E-state index in [-0.39, 0.29) is 12.1 Å². The highest BCUT2D eigenvalue weighted by molar-refractivity contribution is 5.89. The zero-order chi connectivity index (χ0) is 17.2. The Bertz CT molecular complexity index is 656. The van der Waals surface area contributed by atoms with Crippen molar-refractivity contribution in [3.8, 4) is 0 Å². The maximum atomic E-state index is 11.9. The van der Waals surface area contributed by atoms with Gasteiger partial charge in [0.05, 0.1) is 11.4 Å². The first-order chi connectivity index (χ1) is 11.7. The molecule has 1 unspecified atom stereocenters. The fourth-order valence-corrected chi connectivity index (χ4v) is 1.98. The van der Waals surface area contributed by atoms with Crippen molar-refractivity contribution in [3.63, 3.8) is 0 Å². The van der Waals surface area contributed by atoms with E-state index in [0.717, 1.165) is 17.8 Å². The molecule has 0 bridgehead atoms. The van der Waals surface area contributed by atoms with Crippen molar-refractivity contribution in [3.05, 3.63) is 54.6 Å². The van der Waals surface area contributed by atoms with E-state index in [2.05, 4.69) is 20.9 Å². The Morgan fingerprint density at radius 1 is 1.04 bits per heavy atom. The van der Waals surface area contributed by atoms with Crippen LogP contribution in [-0.4, -0.2) is 25.8 Å². The van der Waals surface area contributed by atoms with Crippen molar-refractivity contribution in [1.82, 2.24) is 5.32 Å². The summed E-state index contributed by atoms with van der Waals surface area (Å²) >= 11 is 0. The predicted octanol–water partition coefficient (Wildman–Crippen LogP) is 4.65. The molecule has 0 aliphatic rings. The molecule has 0 aromatic heterocycles. The Balaban J connectivity index is 1.85. The number of anilines is 1. The minimum absolute atomic E-state index is 0.0453. The van der Waals surface area contributed by atoms with Crippen LogP contribution in [0.2, 0.25) is 0 Å². The van der Waals surface area contributed by atoms with Crippen molar-refractivity contribution in [2.24, 2.45) is 10.2 Å². The third-order valence-electron chi connectivity index (χ3n) is 3.29. The summed E-state index contributed by atoms with van der Waals surface area (Å²) < 4.78 is 4.99. The second-order valence-electron chi connectivity index (χ2n) is 5.36. The molecule has 2 rings (SSSR count). The number of carbonyl (C=O) groups excluding carboxylic acids is 1. The van der Waals surface area contributed by atoms with E-state index in [1.807, 2.05) is 37.3 Å². The molecular weight excluding hydrogens is 304 g/mol. The lowest BCUT2D eigenvalue weighted by Crippen LogP contribution is -2.36. The number of hydrogen-bond donors (Lipinski definition) is 2. The number of carbonyl (C=O) groups is 1. The van der Waals surface area contributed by atoms with Gasteiger partial charge in [0, 0.05) is 25.4 Å². The lowest BCUT2D eigenvalue weighted by atomic mass is 10.2. The highest BCUT2D eigenvalue weighted by Crippen LogP contribution is 2.19. The first-order valence-corrected chi connectivity index (χ1v) is 7.80. The Hall–Kier alpha value is -2.73. The van der Waals surface area contributed by atoms with E-state index in [4.69, 9.17) is 4.74 Å². The molecule has 24 heavy (non-hydrogen) atoms. The van der Waals surface area contributed by atoms with Crippen LogP contribution >= 0.6 is 0 Å². The smallest absolute Gasteiger partial charge is 0.319 e. The molecule has 6 nitrogen and oxygen atoms in total. The van der Waals surface area contributed by atoms with E-state index < -0.39 is 0 Å². The fourth-order valence-electron chi connectivity index (χ4n) is 1.98. The van der Waals surface area contributed by atoms with Gasteiger partial charge >= 0.3 is 6.03 Å². The van der Waals surface area contributed by atoms with Gasteiger partial charge in [0.25, 0.3) is 0 Å². The lowest BCUT2D eigenvalue weighted by molar-refractivity contribution is 0.185. The molecule has 6 heteroatoms. The number of urea groups is 1. The second kappa shape index (κ2) is 9.42. The molecule has 0 saturated carbocycles. The number of azo groups is 1. The Morgan fingerprint density at radius 2 is 1.67 bits per heavy atom. The highest BCUT2D eigenvalue weighted by atomic mass is 16.5. The van der Waals surface area contributed by atoms with E-state index >= 15 is 0 Å². The minimum atomic E-state index is -0.239. The van der Waals surface area contributed by atoms with Crippen LogP contribution in [0.25, 0.3) is 0 Å². The van der Waals surface area contributed by atoms with Gasteiger partial charge in [-0.3, -0.25) is 0 Å². The van der Waals surface area contributed by atoms with Crippen LogP contribution in [0.1, 0.15) is 13.3 Å². The van der Waals surface area contributed by atoms with Crippen LogP contribution in [0.5, 0.6) is 0 Å². The van der Waals surface area contributed by atoms with E-state index in [0.29, 0.717) is 12.3 Å². The molecule has 2 amide bonds. The van der Waals surface area contributed by atoms with Gasteiger partial charge in [-0.15, -0.1) is 0 Å². The first kappa shape index (κ1) is 17.6. The first-order valence-electron chi connectivity index (χ1n) is 7.80. The average Bonchev–Trinajstić information content (AvgIpc) is 2.60. The molecule has 1 atom stereocenters. The summed E-state index contributed by atoms with van der Waals surface area (Å²) in [4.78, 5) is 11.9. The van der Waals surface area contributed by atoms with Gasteiger partial charge in [0.2, 0.25) is 0 Å². The third kappa shape index (κ3) is 6.18. The summed E-state index contributed by atoms with van der Waals surface area (Å²) in [5.41, 5.74) is 2.22. The number of nitrogens with zero attached hydrogens (tertiary/aromatic N) is 2. The molecule has 0 radical (unpaired) electrons. The van der Waals surface area contributed by atoms with Gasteiger partial charge in [0.1, 0.15) is 0 Å². The highest BCUT2D eigenvalue weighted by Gasteiger charge is 2.07. The largest absolute Gasteiger partial charge is 0.385 e. The Kier molecular flexibility index (Phi) is 6.91. The zero-order valence-electron chi connectivity index (χ0n) is 13.9. The molecule has 0 aliphatic heterocycles. The van der Waals surface area contributed by atoms with Crippen LogP contribution in [-0.2, 0) is 4.74 Å². The molecule has 126 valence electrons. The zero-order valence-corrected chi connectivity index (χ0v) is 13.9. The molecule has 0 spiro atoms. The second-order valence-corrected chi connectivity index (χ2v) is 5.36. The Labute approximate surface area is 141 Å². The van der Waals surface area contributed by atoms with Gasteiger partial charge in [-0.25, -0.2) is 4.79 Å². The van der Waals surface area contributed by atoms with Crippen molar-refractivity contribution in [2.45, 2.75) is 19.4 Å². The molecule has 0 aliphatic carbocycles. The minimum Gasteiger partial charge on any atom is -0.385 e. The van der Waals surface area contributed by atoms with Gasteiger partial charge in [0.15, 0.2) is 0 Å². The summed E-state index contributed by atoms with van der Waals surface area (Å²) in [5.74, 6) is 0. The van der Waals surface area contributed by atoms with E-state index in [1.54, 1.807) is 31.4 Å².